The molecule has 0 radical (unpaired) electrons. The first kappa shape index (κ1) is 13.5. The van der Waals surface area contributed by atoms with Crippen LogP contribution >= 0.6 is 15.9 Å². The van der Waals surface area contributed by atoms with Gasteiger partial charge in [-0.3, -0.25) is 0 Å². The van der Waals surface area contributed by atoms with E-state index in [4.69, 9.17) is 0 Å². The molecular formula is C14H15BrN4. The molecule has 5 heteroatoms. The van der Waals surface area contributed by atoms with Crippen LogP contribution in [0, 0.1) is 6.92 Å². The SMILES string of the molecule is C=CCNc1ccnc(Nc2ccc(Br)c(C)c2)n1. The summed E-state index contributed by atoms with van der Waals surface area (Å²) in [5, 5.41) is 6.30. The van der Waals surface area contributed by atoms with Gasteiger partial charge >= 0.3 is 0 Å². The number of aromatic nitrogens is 2. The van der Waals surface area contributed by atoms with E-state index in [0.29, 0.717) is 12.5 Å². The third kappa shape index (κ3) is 3.79. The number of nitrogens with one attached hydrogen (secondary N) is 2. The van der Waals surface area contributed by atoms with Crippen LogP contribution in [0.15, 0.2) is 47.6 Å². The molecule has 2 N–H and O–H groups in total. The van der Waals surface area contributed by atoms with Crippen molar-refractivity contribution < 1.29 is 0 Å². The second-order valence-corrected chi connectivity index (χ2v) is 4.88. The fourth-order valence-electron chi connectivity index (χ4n) is 1.55. The Bertz CT molecular complexity index is 583. The van der Waals surface area contributed by atoms with E-state index in [0.717, 1.165) is 21.5 Å². The lowest BCUT2D eigenvalue weighted by Crippen LogP contribution is -2.03. The van der Waals surface area contributed by atoms with Gasteiger partial charge in [-0.15, -0.1) is 6.58 Å². The van der Waals surface area contributed by atoms with E-state index in [1.165, 1.54) is 0 Å². The fraction of sp³-hybridized carbons (Fsp3) is 0.143. The predicted octanol–water partition coefficient (Wildman–Crippen LogP) is 3.89. The van der Waals surface area contributed by atoms with Gasteiger partial charge in [0, 0.05) is 22.9 Å². The zero-order valence-electron chi connectivity index (χ0n) is 10.7. The number of halogens is 1. The smallest absolute Gasteiger partial charge is 0.229 e. The molecule has 0 atom stereocenters. The van der Waals surface area contributed by atoms with E-state index in [1.54, 1.807) is 12.3 Å². The summed E-state index contributed by atoms with van der Waals surface area (Å²) < 4.78 is 1.08. The van der Waals surface area contributed by atoms with Crippen molar-refractivity contribution in [2.75, 3.05) is 17.2 Å². The Morgan fingerprint density at radius 1 is 1.37 bits per heavy atom. The van der Waals surface area contributed by atoms with E-state index in [9.17, 15) is 0 Å². The van der Waals surface area contributed by atoms with Gasteiger partial charge in [0.15, 0.2) is 0 Å². The first-order valence-electron chi connectivity index (χ1n) is 5.90. The topological polar surface area (TPSA) is 49.8 Å². The van der Waals surface area contributed by atoms with Crippen molar-refractivity contribution in [2.24, 2.45) is 0 Å². The van der Waals surface area contributed by atoms with Crippen LogP contribution in [-0.4, -0.2) is 16.5 Å². The minimum absolute atomic E-state index is 0.566. The molecule has 19 heavy (non-hydrogen) atoms. The zero-order valence-corrected chi connectivity index (χ0v) is 12.2. The highest BCUT2D eigenvalue weighted by molar-refractivity contribution is 9.10. The van der Waals surface area contributed by atoms with Crippen molar-refractivity contribution in [2.45, 2.75) is 6.92 Å². The average molecular weight is 319 g/mol. The molecule has 0 aliphatic rings. The molecule has 0 aliphatic heterocycles. The number of hydrogen-bond donors (Lipinski definition) is 2. The number of anilines is 3. The van der Waals surface area contributed by atoms with E-state index in [2.05, 4.69) is 43.1 Å². The van der Waals surface area contributed by atoms with E-state index in [-0.39, 0.29) is 0 Å². The summed E-state index contributed by atoms with van der Waals surface area (Å²) in [6.45, 7) is 6.37. The van der Waals surface area contributed by atoms with Crippen molar-refractivity contribution in [1.29, 1.82) is 0 Å². The minimum Gasteiger partial charge on any atom is -0.366 e. The van der Waals surface area contributed by atoms with Crippen LogP contribution < -0.4 is 10.6 Å². The lowest BCUT2D eigenvalue weighted by atomic mass is 10.2. The van der Waals surface area contributed by atoms with E-state index < -0.39 is 0 Å². The first-order valence-corrected chi connectivity index (χ1v) is 6.69. The molecule has 0 bridgehead atoms. The fourth-order valence-corrected chi connectivity index (χ4v) is 1.79. The molecule has 0 fully saturated rings. The van der Waals surface area contributed by atoms with Gasteiger partial charge in [0.05, 0.1) is 0 Å². The maximum absolute atomic E-state index is 4.36. The van der Waals surface area contributed by atoms with Gasteiger partial charge in [-0.2, -0.15) is 4.98 Å². The van der Waals surface area contributed by atoms with Gasteiger partial charge in [-0.05, 0) is 36.8 Å². The number of aryl methyl sites for hydroxylation is 1. The van der Waals surface area contributed by atoms with Crippen LogP contribution in [0.3, 0.4) is 0 Å². The maximum atomic E-state index is 4.36. The van der Waals surface area contributed by atoms with Gasteiger partial charge in [-0.1, -0.05) is 22.0 Å². The van der Waals surface area contributed by atoms with Gasteiger partial charge in [0.2, 0.25) is 5.95 Å². The van der Waals surface area contributed by atoms with Crippen LogP contribution in [0.2, 0.25) is 0 Å². The molecule has 1 aromatic heterocycles. The van der Waals surface area contributed by atoms with E-state index in [1.807, 2.05) is 31.2 Å². The molecule has 0 saturated carbocycles. The largest absolute Gasteiger partial charge is 0.366 e. The normalized spacial score (nSPS) is 10.0. The predicted molar refractivity (Wildman–Crippen MR) is 82.9 cm³/mol. The van der Waals surface area contributed by atoms with Crippen LogP contribution in [0.4, 0.5) is 17.5 Å². The van der Waals surface area contributed by atoms with Crippen molar-refractivity contribution in [3.63, 3.8) is 0 Å². The Hall–Kier alpha value is -1.88. The highest BCUT2D eigenvalue weighted by Crippen LogP contribution is 2.21. The summed E-state index contributed by atoms with van der Waals surface area (Å²) in [5.41, 5.74) is 2.12. The summed E-state index contributed by atoms with van der Waals surface area (Å²) in [5.74, 6) is 1.34. The molecule has 0 unspecified atom stereocenters. The van der Waals surface area contributed by atoms with Gasteiger partial charge in [-0.25, -0.2) is 4.98 Å². The van der Waals surface area contributed by atoms with Crippen LogP contribution in [0.5, 0.6) is 0 Å². The van der Waals surface area contributed by atoms with Crippen molar-refractivity contribution in [3.05, 3.63) is 53.2 Å². The van der Waals surface area contributed by atoms with E-state index >= 15 is 0 Å². The Morgan fingerprint density at radius 3 is 2.95 bits per heavy atom. The summed E-state index contributed by atoms with van der Waals surface area (Å²) in [4.78, 5) is 8.56. The Morgan fingerprint density at radius 2 is 2.21 bits per heavy atom. The Labute approximate surface area is 121 Å². The summed E-state index contributed by atoms with van der Waals surface area (Å²) in [7, 11) is 0. The lowest BCUT2D eigenvalue weighted by molar-refractivity contribution is 1.14. The average Bonchev–Trinajstić information content (AvgIpc) is 2.41. The third-order valence-corrected chi connectivity index (χ3v) is 3.39. The second kappa shape index (κ2) is 6.33. The molecule has 1 aromatic carbocycles. The third-order valence-electron chi connectivity index (χ3n) is 2.50. The lowest BCUT2D eigenvalue weighted by Gasteiger charge is -2.08. The number of nitrogens with zero attached hydrogens (tertiary/aromatic N) is 2. The highest BCUT2D eigenvalue weighted by atomic mass is 79.9. The molecule has 0 saturated heterocycles. The number of benzene rings is 1. The molecule has 2 rings (SSSR count). The Balaban J connectivity index is 2.13. The molecule has 1 heterocycles. The number of rotatable bonds is 5. The molecule has 98 valence electrons. The molecule has 2 aromatic rings. The quantitative estimate of drug-likeness (QED) is 0.821. The highest BCUT2D eigenvalue weighted by Gasteiger charge is 2.01. The summed E-state index contributed by atoms with van der Waals surface area (Å²) in [6, 6.07) is 7.83. The van der Waals surface area contributed by atoms with Crippen LogP contribution in [0.25, 0.3) is 0 Å². The summed E-state index contributed by atoms with van der Waals surface area (Å²) >= 11 is 3.48. The van der Waals surface area contributed by atoms with Gasteiger partial charge in [0.1, 0.15) is 5.82 Å². The molecule has 4 nitrogen and oxygen atoms in total. The standard InChI is InChI=1S/C14H15BrN4/c1-3-7-16-13-6-8-17-14(19-13)18-11-4-5-12(15)10(2)9-11/h3-6,8-9H,1,7H2,2H3,(H2,16,17,18,19). The first-order chi connectivity index (χ1) is 9.19. The van der Waals surface area contributed by atoms with Gasteiger partial charge in [0.25, 0.3) is 0 Å². The molecule has 0 amide bonds. The maximum Gasteiger partial charge on any atom is 0.229 e. The van der Waals surface area contributed by atoms with Crippen molar-refractivity contribution in [1.82, 2.24) is 9.97 Å². The van der Waals surface area contributed by atoms with Crippen molar-refractivity contribution in [3.8, 4) is 0 Å². The molecule has 0 aliphatic carbocycles. The van der Waals surface area contributed by atoms with Gasteiger partial charge < -0.3 is 10.6 Å². The minimum atomic E-state index is 0.566. The zero-order chi connectivity index (χ0) is 13.7. The summed E-state index contributed by atoms with van der Waals surface area (Å²) in [6.07, 6.45) is 3.50. The monoisotopic (exact) mass is 318 g/mol. The number of hydrogen-bond acceptors (Lipinski definition) is 4. The molecule has 0 spiro atoms. The Kier molecular flexibility index (Phi) is 4.52. The van der Waals surface area contributed by atoms with Crippen LogP contribution in [-0.2, 0) is 0 Å². The molecular weight excluding hydrogens is 304 g/mol. The van der Waals surface area contributed by atoms with Crippen LogP contribution in [0.1, 0.15) is 5.56 Å². The van der Waals surface area contributed by atoms with Crippen molar-refractivity contribution >= 4 is 33.4 Å². The second-order valence-electron chi connectivity index (χ2n) is 4.02.